The third-order valence-electron chi connectivity index (χ3n) is 6.11. The fourth-order valence-corrected chi connectivity index (χ4v) is 4.20. The highest BCUT2D eigenvalue weighted by Crippen LogP contribution is 2.44. The van der Waals surface area contributed by atoms with E-state index in [-0.39, 0.29) is 43.7 Å². The van der Waals surface area contributed by atoms with Crippen molar-refractivity contribution in [1.29, 1.82) is 0 Å². The number of carboxylic acids is 1. The molecule has 2 amide bonds. The molecule has 8 nitrogen and oxygen atoms in total. The molecule has 182 valence electrons. The SMILES string of the molecule is COC(CNC(=O)OCC1c2ccccc2-c2ccccc21)CC(=O)N[C@H](CC(=O)O)C(C)C. The first-order valence-electron chi connectivity index (χ1n) is 11.4. The summed E-state index contributed by atoms with van der Waals surface area (Å²) in [4.78, 5) is 35.7. The number of alkyl carbamates (subject to hydrolysis) is 1. The molecule has 0 aliphatic heterocycles. The summed E-state index contributed by atoms with van der Waals surface area (Å²) in [5, 5.41) is 14.4. The Morgan fingerprint density at radius 1 is 0.971 bits per heavy atom. The molecule has 2 aromatic rings. The van der Waals surface area contributed by atoms with E-state index < -0.39 is 24.2 Å². The Balaban J connectivity index is 1.50. The van der Waals surface area contributed by atoms with Crippen LogP contribution in [0.3, 0.4) is 0 Å². The highest BCUT2D eigenvalue weighted by atomic mass is 16.5. The molecule has 2 atom stereocenters. The lowest BCUT2D eigenvalue weighted by Gasteiger charge is -2.22. The second-order valence-electron chi connectivity index (χ2n) is 8.78. The van der Waals surface area contributed by atoms with Gasteiger partial charge in [0, 0.05) is 25.6 Å². The third-order valence-corrected chi connectivity index (χ3v) is 6.11. The van der Waals surface area contributed by atoms with Gasteiger partial charge in [-0.1, -0.05) is 62.4 Å². The van der Waals surface area contributed by atoms with E-state index in [1.165, 1.54) is 7.11 Å². The number of methoxy groups -OCH3 is 1. The molecule has 0 spiro atoms. The zero-order valence-corrected chi connectivity index (χ0v) is 19.7. The normalized spacial score (nSPS) is 14.1. The standard InChI is InChI=1S/C26H32N2O6/c1-16(2)23(13-25(30)31)28-24(29)12-17(33-3)14-27-26(32)34-15-22-20-10-6-4-8-18(20)19-9-5-7-11-21(19)22/h4-11,16-17,22-23H,12-15H2,1-3H3,(H,27,32)(H,28,29)(H,30,31)/t17?,23-/m1/s1. The summed E-state index contributed by atoms with van der Waals surface area (Å²) >= 11 is 0. The van der Waals surface area contributed by atoms with Crippen molar-refractivity contribution in [1.82, 2.24) is 10.6 Å². The summed E-state index contributed by atoms with van der Waals surface area (Å²) in [5.41, 5.74) is 4.56. The van der Waals surface area contributed by atoms with Gasteiger partial charge in [-0.2, -0.15) is 0 Å². The molecular formula is C26H32N2O6. The minimum Gasteiger partial charge on any atom is -0.481 e. The van der Waals surface area contributed by atoms with Crippen molar-refractivity contribution >= 4 is 18.0 Å². The molecular weight excluding hydrogens is 436 g/mol. The summed E-state index contributed by atoms with van der Waals surface area (Å²) in [5.74, 6) is -1.37. The van der Waals surface area contributed by atoms with E-state index in [4.69, 9.17) is 14.6 Å². The van der Waals surface area contributed by atoms with Crippen LogP contribution in [0, 0.1) is 5.92 Å². The Bertz CT molecular complexity index is 976. The zero-order valence-electron chi connectivity index (χ0n) is 19.7. The van der Waals surface area contributed by atoms with Crippen LogP contribution in [0.2, 0.25) is 0 Å². The average molecular weight is 469 g/mol. The molecule has 0 saturated heterocycles. The van der Waals surface area contributed by atoms with Gasteiger partial charge in [-0.15, -0.1) is 0 Å². The molecule has 0 heterocycles. The maximum Gasteiger partial charge on any atom is 0.407 e. The van der Waals surface area contributed by atoms with E-state index in [1.807, 2.05) is 38.1 Å². The number of amides is 2. The van der Waals surface area contributed by atoms with E-state index >= 15 is 0 Å². The van der Waals surface area contributed by atoms with E-state index in [1.54, 1.807) is 0 Å². The number of hydrogen-bond acceptors (Lipinski definition) is 5. The summed E-state index contributed by atoms with van der Waals surface area (Å²) in [6.07, 6.45) is -1.32. The predicted molar refractivity (Wildman–Crippen MR) is 128 cm³/mol. The van der Waals surface area contributed by atoms with Crippen LogP contribution < -0.4 is 10.6 Å². The second-order valence-corrected chi connectivity index (χ2v) is 8.78. The Morgan fingerprint density at radius 3 is 2.09 bits per heavy atom. The fourth-order valence-electron chi connectivity index (χ4n) is 4.20. The van der Waals surface area contributed by atoms with Gasteiger partial charge in [0.2, 0.25) is 5.91 Å². The molecule has 34 heavy (non-hydrogen) atoms. The lowest BCUT2D eigenvalue weighted by atomic mass is 9.98. The minimum absolute atomic E-state index is 0.0109. The Labute approximate surface area is 199 Å². The number of ether oxygens (including phenoxy) is 2. The number of rotatable bonds is 11. The lowest BCUT2D eigenvalue weighted by molar-refractivity contribution is -0.138. The monoisotopic (exact) mass is 468 g/mol. The van der Waals surface area contributed by atoms with Gasteiger partial charge in [0.25, 0.3) is 0 Å². The van der Waals surface area contributed by atoms with Crippen molar-refractivity contribution in [3.63, 3.8) is 0 Å². The van der Waals surface area contributed by atoms with Gasteiger partial charge >= 0.3 is 12.1 Å². The molecule has 1 aliphatic rings. The number of carboxylic acid groups (broad SMARTS) is 1. The average Bonchev–Trinajstić information content (AvgIpc) is 3.13. The van der Waals surface area contributed by atoms with E-state index in [0.29, 0.717) is 0 Å². The maximum absolute atomic E-state index is 12.4. The molecule has 3 N–H and O–H groups in total. The molecule has 0 bridgehead atoms. The lowest BCUT2D eigenvalue weighted by Crippen LogP contribution is -2.43. The molecule has 0 aromatic heterocycles. The summed E-state index contributed by atoms with van der Waals surface area (Å²) in [6.45, 7) is 3.98. The highest BCUT2D eigenvalue weighted by Gasteiger charge is 2.29. The summed E-state index contributed by atoms with van der Waals surface area (Å²) < 4.78 is 10.8. The first kappa shape index (κ1) is 25.2. The molecule has 8 heteroatoms. The number of fused-ring (bicyclic) bond motifs is 3. The van der Waals surface area contributed by atoms with Crippen LogP contribution in [0.15, 0.2) is 48.5 Å². The minimum atomic E-state index is -0.973. The van der Waals surface area contributed by atoms with E-state index in [2.05, 4.69) is 34.9 Å². The molecule has 1 unspecified atom stereocenters. The van der Waals surface area contributed by atoms with Gasteiger partial charge in [0.15, 0.2) is 0 Å². The van der Waals surface area contributed by atoms with Crippen LogP contribution in [0.5, 0.6) is 0 Å². The Hall–Kier alpha value is -3.39. The van der Waals surface area contributed by atoms with Crippen LogP contribution in [0.1, 0.15) is 43.7 Å². The van der Waals surface area contributed by atoms with Crippen molar-refractivity contribution in [3.05, 3.63) is 59.7 Å². The number of benzene rings is 2. The van der Waals surface area contributed by atoms with E-state index in [9.17, 15) is 14.4 Å². The number of hydrogen-bond donors (Lipinski definition) is 3. The van der Waals surface area contributed by atoms with E-state index in [0.717, 1.165) is 22.3 Å². The molecule has 0 fully saturated rings. The first-order valence-corrected chi connectivity index (χ1v) is 11.4. The summed E-state index contributed by atoms with van der Waals surface area (Å²) in [7, 11) is 1.45. The second kappa shape index (κ2) is 11.7. The van der Waals surface area contributed by atoms with Gasteiger partial charge < -0.3 is 25.2 Å². The highest BCUT2D eigenvalue weighted by molar-refractivity contribution is 5.79. The van der Waals surface area contributed by atoms with Gasteiger partial charge in [-0.05, 0) is 28.2 Å². The van der Waals surface area contributed by atoms with Crippen molar-refractivity contribution in [3.8, 4) is 11.1 Å². The van der Waals surface area contributed by atoms with Gasteiger partial charge in [0.1, 0.15) is 6.61 Å². The Morgan fingerprint density at radius 2 is 1.56 bits per heavy atom. The van der Waals surface area contributed by atoms with Crippen molar-refractivity contribution < 1.29 is 29.0 Å². The maximum atomic E-state index is 12.4. The smallest absolute Gasteiger partial charge is 0.407 e. The van der Waals surface area contributed by atoms with Gasteiger partial charge in [-0.3, -0.25) is 9.59 Å². The fraction of sp³-hybridized carbons (Fsp3) is 0.423. The van der Waals surface area contributed by atoms with Crippen molar-refractivity contribution in [2.24, 2.45) is 5.92 Å². The summed E-state index contributed by atoms with van der Waals surface area (Å²) in [6, 6.07) is 15.7. The van der Waals surface area contributed by atoms with Gasteiger partial charge in [0.05, 0.1) is 18.9 Å². The quantitative estimate of drug-likeness (QED) is 0.465. The molecule has 0 saturated carbocycles. The Kier molecular flexibility index (Phi) is 8.65. The molecule has 3 rings (SSSR count). The molecule has 2 aromatic carbocycles. The zero-order chi connectivity index (χ0) is 24.7. The van der Waals surface area contributed by atoms with Gasteiger partial charge in [-0.25, -0.2) is 4.79 Å². The van der Waals surface area contributed by atoms with Crippen LogP contribution in [0.25, 0.3) is 11.1 Å². The first-order chi connectivity index (χ1) is 16.3. The number of carbonyl (C=O) groups is 3. The van der Waals surface area contributed by atoms with Crippen LogP contribution in [0.4, 0.5) is 4.79 Å². The topological polar surface area (TPSA) is 114 Å². The number of nitrogens with one attached hydrogen (secondary N) is 2. The number of carbonyl (C=O) groups excluding carboxylic acids is 2. The predicted octanol–water partition coefficient (Wildman–Crippen LogP) is 3.55. The molecule has 0 radical (unpaired) electrons. The van der Waals surface area contributed by atoms with Crippen molar-refractivity contribution in [2.75, 3.05) is 20.3 Å². The number of aliphatic carboxylic acids is 1. The van der Waals surface area contributed by atoms with Crippen LogP contribution in [-0.4, -0.2) is 55.5 Å². The molecule has 1 aliphatic carbocycles. The van der Waals surface area contributed by atoms with Crippen molar-refractivity contribution in [2.45, 2.75) is 44.8 Å². The van der Waals surface area contributed by atoms with Crippen LogP contribution >= 0.6 is 0 Å². The van der Waals surface area contributed by atoms with Crippen LogP contribution in [-0.2, 0) is 19.1 Å². The largest absolute Gasteiger partial charge is 0.481 e. The third kappa shape index (κ3) is 6.35.